The van der Waals surface area contributed by atoms with Crippen LogP contribution in [0.25, 0.3) is 0 Å². The molecule has 1 aliphatic carbocycles. The summed E-state index contributed by atoms with van der Waals surface area (Å²) in [6.07, 6.45) is 3.34. The highest BCUT2D eigenvalue weighted by Crippen LogP contribution is 2.31. The van der Waals surface area contributed by atoms with Crippen molar-refractivity contribution in [3.63, 3.8) is 0 Å². The molecule has 1 amide bonds. The van der Waals surface area contributed by atoms with Crippen molar-refractivity contribution < 1.29 is 13.6 Å². The van der Waals surface area contributed by atoms with E-state index in [0.717, 1.165) is 30.7 Å². The lowest BCUT2D eigenvalue weighted by molar-refractivity contribution is -0.121. The Morgan fingerprint density at radius 2 is 2.05 bits per heavy atom. The van der Waals surface area contributed by atoms with E-state index in [-0.39, 0.29) is 11.9 Å². The van der Waals surface area contributed by atoms with Gasteiger partial charge in [-0.1, -0.05) is 26.7 Å². The van der Waals surface area contributed by atoms with Gasteiger partial charge in [0.15, 0.2) is 0 Å². The molecule has 0 bridgehead atoms. The smallest absolute Gasteiger partial charge is 0.233 e. The zero-order chi connectivity index (χ0) is 16.3. The van der Waals surface area contributed by atoms with Gasteiger partial charge in [-0.2, -0.15) is 0 Å². The lowest BCUT2D eigenvalue weighted by atomic mass is 9.78. The molecule has 0 radical (unpaired) electrons. The number of benzene rings is 1. The monoisotopic (exact) mass is 327 g/mol. The molecular formula is C17H23F2NOS. The fourth-order valence-electron chi connectivity index (χ4n) is 2.90. The van der Waals surface area contributed by atoms with Crippen molar-refractivity contribution in [3.05, 3.63) is 29.8 Å². The number of halogens is 2. The zero-order valence-corrected chi connectivity index (χ0v) is 14.1. The van der Waals surface area contributed by atoms with Crippen LogP contribution in [-0.2, 0) is 4.79 Å². The number of amides is 1. The lowest BCUT2D eigenvalue weighted by Gasteiger charge is -2.35. The maximum Gasteiger partial charge on any atom is 0.233 e. The van der Waals surface area contributed by atoms with E-state index < -0.39 is 16.9 Å². The summed E-state index contributed by atoms with van der Waals surface area (Å²) < 4.78 is 26.6. The summed E-state index contributed by atoms with van der Waals surface area (Å²) in [4.78, 5) is 12.6. The van der Waals surface area contributed by atoms with Crippen LogP contribution in [0, 0.1) is 23.5 Å². The fourth-order valence-corrected chi connectivity index (χ4v) is 3.77. The topological polar surface area (TPSA) is 29.1 Å². The Bertz CT molecular complexity index is 537. The van der Waals surface area contributed by atoms with Crippen LogP contribution in [0.1, 0.15) is 40.0 Å². The van der Waals surface area contributed by atoms with Gasteiger partial charge in [0.2, 0.25) is 5.91 Å². The number of rotatable bonds is 4. The first-order valence-corrected chi connectivity index (χ1v) is 8.68. The first-order chi connectivity index (χ1) is 10.4. The Kier molecular flexibility index (Phi) is 5.84. The summed E-state index contributed by atoms with van der Waals surface area (Å²) in [6.45, 7) is 6.14. The van der Waals surface area contributed by atoms with Crippen LogP contribution in [0.4, 0.5) is 8.78 Å². The normalized spacial score (nSPS) is 26.5. The molecule has 5 heteroatoms. The van der Waals surface area contributed by atoms with Crippen LogP contribution in [-0.4, -0.2) is 17.2 Å². The Morgan fingerprint density at radius 3 is 2.73 bits per heavy atom. The molecule has 1 aromatic carbocycles. The second-order valence-corrected chi connectivity index (χ2v) is 7.60. The SMILES string of the molecule is C[C@@H]1[C@@H](C)CCC[C@H]1NC(=O)[C@@H](C)Sc1ccc(F)cc1F. The van der Waals surface area contributed by atoms with Crippen molar-refractivity contribution in [2.75, 3.05) is 0 Å². The second-order valence-electron chi connectivity index (χ2n) is 6.22. The van der Waals surface area contributed by atoms with E-state index in [1.54, 1.807) is 6.92 Å². The number of hydrogen-bond donors (Lipinski definition) is 1. The summed E-state index contributed by atoms with van der Waals surface area (Å²) in [5, 5.41) is 2.68. The van der Waals surface area contributed by atoms with Crippen molar-refractivity contribution >= 4 is 17.7 Å². The third-order valence-corrected chi connectivity index (χ3v) is 5.75. The minimum absolute atomic E-state index is 0.0836. The molecule has 122 valence electrons. The number of thioether (sulfide) groups is 1. The third kappa shape index (κ3) is 4.22. The first-order valence-electron chi connectivity index (χ1n) is 7.80. The molecule has 0 aromatic heterocycles. The van der Waals surface area contributed by atoms with Gasteiger partial charge in [-0.3, -0.25) is 4.79 Å². The van der Waals surface area contributed by atoms with Crippen LogP contribution in [0.2, 0.25) is 0 Å². The van der Waals surface area contributed by atoms with E-state index in [9.17, 15) is 13.6 Å². The van der Waals surface area contributed by atoms with Crippen molar-refractivity contribution in [2.24, 2.45) is 11.8 Å². The molecule has 2 nitrogen and oxygen atoms in total. The molecule has 1 aromatic rings. The highest BCUT2D eigenvalue weighted by Gasteiger charge is 2.29. The Labute approximate surface area is 135 Å². The summed E-state index contributed by atoms with van der Waals surface area (Å²) in [6, 6.07) is 3.63. The number of carbonyl (C=O) groups is 1. The van der Waals surface area contributed by atoms with Crippen LogP contribution >= 0.6 is 11.8 Å². The quantitative estimate of drug-likeness (QED) is 0.831. The molecule has 0 unspecified atom stereocenters. The number of carbonyl (C=O) groups excluding carboxylic acids is 1. The summed E-state index contributed by atoms with van der Waals surface area (Å²) in [7, 11) is 0. The molecule has 0 saturated heterocycles. The molecule has 0 aliphatic heterocycles. The van der Waals surface area contributed by atoms with Gasteiger partial charge in [-0.25, -0.2) is 8.78 Å². The van der Waals surface area contributed by atoms with E-state index in [2.05, 4.69) is 19.2 Å². The lowest BCUT2D eigenvalue weighted by Crippen LogP contribution is -2.46. The Morgan fingerprint density at radius 1 is 1.32 bits per heavy atom. The molecule has 2 rings (SSSR count). The predicted octanol–water partition coefficient (Wildman–Crippen LogP) is 4.39. The highest BCUT2D eigenvalue weighted by atomic mass is 32.2. The zero-order valence-electron chi connectivity index (χ0n) is 13.2. The van der Waals surface area contributed by atoms with Crippen LogP contribution in [0.15, 0.2) is 23.1 Å². The highest BCUT2D eigenvalue weighted by molar-refractivity contribution is 8.00. The number of hydrogen-bond acceptors (Lipinski definition) is 2. The van der Waals surface area contributed by atoms with Gasteiger partial charge in [0, 0.05) is 17.0 Å². The van der Waals surface area contributed by atoms with Crippen LogP contribution in [0.3, 0.4) is 0 Å². The standard InChI is InChI=1S/C17H23F2NOS/c1-10-5-4-6-15(11(10)2)20-17(21)12(3)22-16-8-7-13(18)9-14(16)19/h7-12,15H,4-6H2,1-3H3,(H,20,21)/t10-,11+,12+,15+/m0/s1. The van der Waals surface area contributed by atoms with Gasteiger partial charge in [0.05, 0.1) is 5.25 Å². The van der Waals surface area contributed by atoms with Crippen molar-refractivity contribution in [1.82, 2.24) is 5.32 Å². The molecule has 1 saturated carbocycles. The van der Waals surface area contributed by atoms with Gasteiger partial charge < -0.3 is 5.32 Å². The molecule has 1 fully saturated rings. The second kappa shape index (κ2) is 7.44. The summed E-state index contributed by atoms with van der Waals surface area (Å²) >= 11 is 1.12. The summed E-state index contributed by atoms with van der Waals surface area (Å²) in [5.41, 5.74) is 0. The molecule has 4 atom stereocenters. The Hall–Kier alpha value is -1.10. The molecule has 22 heavy (non-hydrogen) atoms. The third-order valence-electron chi connectivity index (χ3n) is 4.60. The minimum Gasteiger partial charge on any atom is -0.352 e. The molecule has 1 aliphatic rings. The minimum atomic E-state index is -0.621. The molecule has 0 spiro atoms. The van der Waals surface area contributed by atoms with E-state index >= 15 is 0 Å². The van der Waals surface area contributed by atoms with Gasteiger partial charge in [-0.15, -0.1) is 11.8 Å². The van der Waals surface area contributed by atoms with E-state index in [1.165, 1.54) is 18.6 Å². The molecular weight excluding hydrogens is 304 g/mol. The van der Waals surface area contributed by atoms with Gasteiger partial charge in [0.1, 0.15) is 11.6 Å². The first kappa shape index (κ1) is 17.3. The predicted molar refractivity (Wildman–Crippen MR) is 85.8 cm³/mol. The van der Waals surface area contributed by atoms with Gasteiger partial charge in [-0.05, 0) is 37.3 Å². The summed E-state index contributed by atoms with van der Waals surface area (Å²) in [5.74, 6) is -0.248. The Balaban J connectivity index is 1.94. The number of nitrogens with one attached hydrogen (secondary N) is 1. The fraction of sp³-hybridized carbons (Fsp3) is 0.588. The van der Waals surface area contributed by atoms with Crippen LogP contribution in [0.5, 0.6) is 0 Å². The molecule has 0 heterocycles. The van der Waals surface area contributed by atoms with Gasteiger partial charge in [0.25, 0.3) is 0 Å². The average Bonchev–Trinajstić information content (AvgIpc) is 2.46. The maximum absolute atomic E-state index is 13.7. The van der Waals surface area contributed by atoms with Gasteiger partial charge >= 0.3 is 0 Å². The van der Waals surface area contributed by atoms with E-state index in [0.29, 0.717) is 16.7 Å². The van der Waals surface area contributed by atoms with Crippen molar-refractivity contribution in [2.45, 2.75) is 56.2 Å². The van der Waals surface area contributed by atoms with Crippen LogP contribution < -0.4 is 5.32 Å². The van der Waals surface area contributed by atoms with Crippen molar-refractivity contribution in [3.8, 4) is 0 Å². The van der Waals surface area contributed by atoms with E-state index in [1.807, 2.05) is 0 Å². The van der Waals surface area contributed by atoms with E-state index in [4.69, 9.17) is 0 Å². The molecule has 1 N–H and O–H groups in total. The largest absolute Gasteiger partial charge is 0.352 e. The maximum atomic E-state index is 13.7. The average molecular weight is 327 g/mol. The van der Waals surface area contributed by atoms with Crippen molar-refractivity contribution in [1.29, 1.82) is 0 Å².